The number of aromatic nitrogens is 3. The van der Waals surface area contributed by atoms with Gasteiger partial charge in [-0.2, -0.15) is 10.4 Å². The summed E-state index contributed by atoms with van der Waals surface area (Å²) in [5.74, 6) is -0.544. The average molecular weight is 665 g/mol. The number of nitrogens with zero attached hydrogens (tertiary/aromatic N) is 5. The highest BCUT2D eigenvalue weighted by molar-refractivity contribution is 7.07. The number of hydrogen-bond donors (Lipinski definition) is 1. The molecule has 0 saturated carbocycles. The molecule has 3 aromatic carbocycles. The normalized spacial score (nSPS) is 14.6. The number of benzene rings is 3. The molecule has 1 saturated heterocycles. The molecule has 0 radical (unpaired) electrons. The largest absolute Gasteiger partial charge is 0.379 e. The minimum absolute atomic E-state index is 0.149. The van der Waals surface area contributed by atoms with Gasteiger partial charge in [-0.05, 0) is 49.8 Å². The quantitative estimate of drug-likeness (QED) is 0.269. The number of carbonyl (C=O) groups is 1. The van der Waals surface area contributed by atoms with Gasteiger partial charge in [-0.1, -0.05) is 65.7 Å². The molecule has 1 fully saturated rings. The fourth-order valence-corrected chi connectivity index (χ4v) is 6.59. The summed E-state index contributed by atoms with van der Waals surface area (Å²) in [7, 11) is 0. The highest BCUT2D eigenvalue weighted by Crippen LogP contribution is 2.25. The first-order valence-corrected chi connectivity index (χ1v) is 16.5. The second-order valence-electron chi connectivity index (χ2n) is 11.3. The fourth-order valence-electron chi connectivity index (χ4n) is 5.32. The van der Waals surface area contributed by atoms with E-state index in [0.29, 0.717) is 52.8 Å². The second-order valence-corrected chi connectivity index (χ2v) is 12.7. The van der Waals surface area contributed by atoms with Crippen molar-refractivity contribution in [2.75, 3.05) is 39.4 Å². The average Bonchev–Trinajstić information content (AvgIpc) is 3.65. The number of hydrogen-bond acceptors (Lipinski definition) is 7. The standard InChI is InChI=1S/C36H33ClN6O3S/c1-24-8-11-26(12-9-24)33-27(23-42(40-33)28-6-4-3-5-7-28)20-32-35(45)43(29-13-10-25(2)31(37)21-29)36(47-32)30(22-38)34(44)39-14-15-41-16-18-46-19-17-41/h3-13,20-21,23H,14-19H2,1-2H3,(H,39,44)/b32-20-,36-30+. The molecule has 1 aliphatic heterocycles. The summed E-state index contributed by atoms with van der Waals surface area (Å²) < 4.78 is 9.14. The van der Waals surface area contributed by atoms with E-state index in [1.54, 1.807) is 22.9 Å². The number of carbonyl (C=O) groups excluding carboxylic acids is 1. The van der Waals surface area contributed by atoms with Crippen molar-refractivity contribution >= 4 is 40.5 Å². The number of nitriles is 1. The van der Waals surface area contributed by atoms with Crippen molar-refractivity contribution in [3.8, 4) is 28.7 Å². The molecule has 1 amide bonds. The molecule has 0 aliphatic carbocycles. The molecule has 9 nitrogen and oxygen atoms in total. The Morgan fingerprint density at radius 2 is 1.81 bits per heavy atom. The topological polar surface area (TPSA) is 105 Å². The Hall–Kier alpha value is -4.79. The zero-order valence-electron chi connectivity index (χ0n) is 26.1. The van der Waals surface area contributed by atoms with Crippen molar-refractivity contribution in [3.05, 3.63) is 120 Å². The van der Waals surface area contributed by atoms with Crippen molar-refractivity contribution in [1.29, 1.82) is 5.26 Å². The first-order valence-electron chi connectivity index (χ1n) is 15.3. The van der Waals surface area contributed by atoms with Crippen LogP contribution in [0.25, 0.3) is 34.3 Å². The molecule has 2 aromatic heterocycles. The zero-order valence-corrected chi connectivity index (χ0v) is 27.6. The third-order valence-electron chi connectivity index (χ3n) is 7.98. The Bertz CT molecular complexity index is 2140. The lowest BCUT2D eigenvalue weighted by molar-refractivity contribution is -0.115. The van der Waals surface area contributed by atoms with Gasteiger partial charge in [0.1, 0.15) is 10.7 Å². The lowest BCUT2D eigenvalue weighted by atomic mass is 10.1. The van der Waals surface area contributed by atoms with Crippen LogP contribution in [0, 0.1) is 25.2 Å². The summed E-state index contributed by atoms with van der Waals surface area (Å²) in [6, 6.07) is 25.1. The van der Waals surface area contributed by atoms with Crippen LogP contribution in [0.3, 0.4) is 0 Å². The SMILES string of the molecule is Cc1ccc(-c2nn(-c3ccccc3)cc2/C=c2\s/c(=C(\C#N)C(=O)NCCN3CCOCC3)n(-c3ccc(C)c(Cl)c3)c2=O)cc1. The number of aryl methyl sites for hydroxylation is 2. The van der Waals surface area contributed by atoms with E-state index in [9.17, 15) is 14.9 Å². The van der Waals surface area contributed by atoms with Gasteiger partial charge in [-0.15, -0.1) is 11.3 Å². The van der Waals surface area contributed by atoms with Gasteiger partial charge in [0.05, 0.1) is 34.8 Å². The smallest absolute Gasteiger partial charge is 0.273 e. The lowest BCUT2D eigenvalue weighted by Gasteiger charge is -2.26. The molecule has 238 valence electrons. The highest BCUT2D eigenvalue weighted by atomic mass is 35.5. The van der Waals surface area contributed by atoms with Gasteiger partial charge in [-0.3, -0.25) is 19.1 Å². The van der Waals surface area contributed by atoms with Crippen LogP contribution in [-0.4, -0.2) is 64.5 Å². The monoisotopic (exact) mass is 664 g/mol. The summed E-state index contributed by atoms with van der Waals surface area (Å²) >= 11 is 7.58. The predicted octanol–water partition coefficient (Wildman–Crippen LogP) is 3.97. The Kier molecular flexibility index (Phi) is 9.80. The van der Waals surface area contributed by atoms with Gasteiger partial charge in [0.2, 0.25) is 0 Å². The van der Waals surface area contributed by atoms with Crippen molar-refractivity contribution in [2.24, 2.45) is 0 Å². The van der Waals surface area contributed by atoms with Crippen molar-refractivity contribution < 1.29 is 9.53 Å². The van der Waals surface area contributed by atoms with Crippen LogP contribution in [0.2, 0.25) is 5.02 Å². The molecular formula is C36H33ClN6O3S. The summed E-state index contributed by atoms with van der Waals surface area (Å²) in [4.78, 5) is 29.9. The molecule has 1 N–H and O–H groups in total. The molecule has 0 atom stereocenters. The summed E-state index contributed by atoms with van der Waals surface area (Å²) in [5, 5.41) is 18.5. The van der Waals surface area contributed by atoms with Crippen molar-refractivity contribution in [1.82, 2.24) is 24.6 Å². The Labute approximate surface area is 281 Å². The van der Waals surface area contributed by atoms with E-state index < -0.39 is 5.91 Å². The van der Waals surface area contributed by atoms with Gasteiger partial charge < -0.3 is 10.1 Å². The minimum Gasteiger partial charge on any atom is -0.379 e. The molecule has 11 heteroatoms. The van der Waals surface area contributed by atoms with Crippen molar-refractivity contribution in [3.63, 3.8) is 0 Å². The third-order valence-corrected chi connectivity index (χ3v) is 9.48. The molecule has 6 rings (SSSR count). The summed E-state index contributed by atoms with van der Waals surface area (Å²) in [6.45, 7) is 7.75. The van der Waals surface area contributed by atoms with Gasteiger partial charge in [0, 0.05) is 48.5 Å². The maximum atomic E-state index is 14.2. The van der Waals surface area contributed by atoms with Gasteiger partial charge in [0.15, 0.2) is 5.57 Å². The molecule has 1 aliphatic rings. The number of morpholine rings is 1. The number of amides is 1. The van der Waals surface area contributed by atoms with Crippen LogP contribution >= 0.6 is 22.9 Å². The maximum absolute atomic E-state index is 14.2. The Morgan fingerprint density at radius 1 is 1.06 bits per heavy atom. The first-order chi connectivity index (χ1) is 22.8. The number of thiazole rings is 1. The van der Waals surface area contributed by atoms with E-state index in [4.69, 9.17) is 21.4 Å². The third kappa shape index (κ3) is 7.14. The molecule has 5 aromatic rings. The van der Waals surface area contributed by atoms with Crippen LogP contribution in [0.15, 0.2) is 83.8 Å². The van der Waals surface area contributed by atoms with E-state index in [1.165, 1.54) is 4.57 Å². The number of rotatable bonds is 8. The van der Waals surface area contributed by atoms with Crippen LogP contribution < -0.4 is 20.1 Å². The van der Waals surface area contributed by atoms with Crippen LogP contribution in [0.5, 0.6) is 0 Å². The molecular weight excluding hydrogens is 632 g/mol. The van der Waals surface area contributed by atoms with Gasteiger partial charge >= 0.3 is 0 Å². The molecule has 0 spiro atoms. The first kappa shape index (κ1) is 32.2. The number of ether oxygens (including phenoxy) is 1. The van der Waals surface area contributed by atoms with E-state index in [0.717, 1.165) is 46.8 Å². The van der Waals surface area contributed by atoms with E-state index in [-0.39, 0.29) is 15.8 Å². The Morgan fingerprint density at radius 3 is 2.51 bits per heavy atom. The summed E-state index contributed by atoms with van der Waals surface area (Å²) in [5.41, 5.74) is 5.06. The fraction of sp³-hybridized carbons (Fsp3) is 0.222. The second kappa shape index (κ2) is 14.3. The summed E-state index contributed by atoms with van der Waals surface area (Å²) in [6.07, 6.45) is 3.65. The van der Waals surface area contributed by atoms with Crippen LogP contribution in [-0.2, 0) is 9.53 Å². The van der Waals surface area contributed by atoms with Crippen LogP contribution in [0.1, 0.15) is 16.7 Å². The van der Waals surface area contributed by atoms with E-state index in [2.05, 4.69) is 16.3 Å². The molecule has 0 unspecified atom stereocenters. The zero-order chi connectivity index (χ0) is 32.9. The van der Waals surface area contributed by atoms with Crippen LogP contribution in [0.4, 0.5) is 0 Å². The predicted molar refractivity (Wildman–Crippen MR) is 186 cm³/mol. The minimum atomic E-state index is -0.544. The maximum Gasteiger partial charge on any atom is 0.273 e. The number of nitrogens with one attached hydrogen (secondary N) is 1. The van der Waals surface area contributed by atoms with E-state index >= 15 is 0 Å². The lowest BCUT2D eigenvalue weighted by Crippen LogP contribution is -2.42. The molecule has 0 bridgehead atoms. The molecule has 3 heterocycles. The Balaban J connectivity index is 1.50. The number of para-hydroxylation sites is 1. The van der Waals surface area contributed by atoms with Crippen molar-refractivity contribution in [2.45, 2.75) is 13.8 Å². The molecule has 47 heavy (non-hydrogen) atoms. The van der Waals surface area contributed by atoms with Gasteiger partial charge in [-0.25, -0.2) is 4.68 Å². The number of halogens is 1. The van der Waals surface area contributed by atoms with Gasteiger partial charge in [0.25, 0.3) is 11.5 Å². The van der Waals surface area contributed by atoms with E-state index in [1.807, 2.05) is 80.7 Å². The highest BCUT2D eigenvalue weighted by Gasteiger charge is 2.19.